The van der Waals surface area contributed by atoms with Crippen molar-refractivity contribution in [3.63, 3.8) is 0 Å². The molecule has 3 rings (SSSR count). The average molecular weight is 457 g/mol. The monoisotopic (exact) mass is 456 g/mol. The number of aryl methyl sites for hydroxylation is 1. The molecule has 1 N–H and O–H groups in total. The molecule has 0 saturated carbocycles. The minimum atomic E-state index is -3.73. The van der Waals surface area contributed by atoms with Crippen molar-refractivity contribution in [1.82, 2.24) is 9.62 Å². The third-order valence-electron chi connectivity index (χ3n) is 5.96. The van der Waals surface area contributed by atoms with Gasteiger partial charge in [-0.05, 0) is 68.4 Å². The highest BCUT2D eigenvalue weighted by atomic mass is 32.2. The van der Waals surface area contributed by atoms with Crippen molar-refractivity contribution in [3.8, 4) is 5.75 Å². The minimum absolute atomic E-state index is 0.0648. The zero-order valence-electron chi connectivity index (χ0n) is 17.9. The fraction of sp³-hybridized carbons (Fsp3) is 0.591. The van der Waals surface area contributed by atoms with Crippen molar-refractivity contribution < 1.29 is 26.7 Å². The van der Waals surface area contributed by atoms with Crippen LogP contribution in [0.25, 0.3) is 6.08 Å². The van der Waals surface area contributed by atoms with Gasteiger partial charge in [0, 0.05) is 19.1 Å². The molecule has 0 spiro atoms. The molecule has 0 radical (unpaired) electrons. The van der Waals surface area contributed by atoms with Crippen LogP contribution in [0, 0.1) is 5.92 Å². The maximum Gasteiger partial charge on any atom is 0.387 e. The van der Waals surface area contributed by atoms with Crippen molar-refractivity contribution in [2.75, 3.05) is 13.1 Å². The van der Waals surface area contributed by atoms with Gasteiger partial charge in [-0.25, -0.2) is 8.42 Å². The second-order valence-corrected chi connectivity index (χ2v) is 10.1. The van der Waals surface area contributed by atoms with E-state index < -0.39 is 16.6 Å². The van der Waals surface area contributed by atoms with Crippen molar-refractivity contribution in [1.29, 1.82) is 0 Å². The first-order valence-electron chi connectivity index (χ1n) is 10.8. The summed E-state index contributed by atoms with van der Waals surface area (Å²) in [6.45, 7) is 1.79. The van der Waals surface area contributed by atoms with Gasteiger partial charge in [-0.3, -0.25) is 4.79 Å². The highest BCUT2D eigenvalue weighted by Gasteiger charge is 2.38. The van der Waals surface area contributed by atoms with Gasteiger partial charge >= 0.3 is 6.61 Å². The van der Waals surface area contributed by atoms with Crippen molar-refractivity contribution in [2.24, 2.45) is 5.92 Å². The number of unbranched alkanes of at least 4 members (excludes halogenated alkanes) is 1. The summed E-state index contributed by atoms with van der Waals surface area (Å²) in [4.78, 5) is 12.8. The molecule has 1 saturated heterocycles. The van der Waals surface area contributed by atoms with Crippen LogP contribution in [0.5, 0.6) is 5.75 Å². The second-order valence-electron chi connectivity index (χ2n) is 8.19. The highest BCUT2D eigenvalue weighted by molar-refractivity contribution is 7.93. The van der Waals surface area contributed by atoms with E-state index >= 15 is 0 Å². The maximum atomic E-state index is 13.4. The Hall–Kier alpha value is -2.00. The number of carbonyl (C=O) groups excluding carboxylic acids is 1. The Morgan fingerprint density at radius 1 is 1.29 bits per heavy atom. The summed E-state index contributed by atoms with van der Waals surface area (Å²) in [6, 6.07) is 4.36. The Kier molecular flexibility index (Phi) is 7.69. The van der Waals surface area contributed by atoms with Crippen molar-refractivity contribution in [2.45, 2.75) is 65.0 Å². The van der Waals surface area contributed by atoms with Crippen molar-refractivity contribution in [3.05, 3.63) is 34.2 Å². The molecule has 1 aliphatic carbocycles. The number of nitrogens with zero attached hydrogens (tertiary/aromatic N) is 1. The predicted molar refractivity (Wildman–Crippen MR) is 115 cm³/mol. The largest absolute Gasteiger partial charge is 0.435 e. The summed E-state index contributed by atoms with van der Waals surface area (Å²) in [7, 11) is -3.73. The summed E-state index contributed by atoms with van der Waals surface area (Å²) < 4.78 is 57.6. The van der Waals surface area contributed by atoms with Crippen molar-refractivity contribution >= 4 is 22.0 Å². The van der Waals surface area contributed by atoms with E-state index in [4.69, 9.17) is 0 Å². The molecule has 1 amide bonds. The summed E-state index contributed by atoms with van der Waals surface area (Å²) in [6.07, 6.45) is 5.48. The number of halogens is 2. The molecular formula is C22H30F2N2O4S. The number of rotatable bonds is 8. The number of allylic oxidation sites excluding steroid dienone is 1. The molecule has 0 bridgehead atoms. The van der Waals surface area contributed by atoms with Gasteiger partial charge in [0.15, 0.2) is 0 Å². The Morgan fingerprint density at radius 3 is 2.77 bits per heavy atom. The first-order valence-corrected chi connectivity index (χ1v) is 12.2. The molecule has 1 aromatic carbocycles. The molecular weight excluding hydrogens is 426 g/mol. The molecule has 31 heavy (non-hydrogen) atoms. The van der Waals surface area contributed by atoms with Crippen LogP contribution in [0.4, 0.5) is 8.78 Å². The van der Waals surface area contributed by atoms with Crippen LogP contribution in [-0.2, 0) is 21.2 Å². The quantitative estimate of drug-likeness (QED) is 0.602. The van der Waals surface area contributed by atoms with Gasteiger partial charge in [0.2, 0.25) is 15.9 Å². The van der Waals surface area contributed by atoms with E-state index in [1.54, 1.807) is 12.1 Å². The van der Waals surface area contributed by atoms with Crippen LogP contribution in [0.3, 0.4) is 0 Å². The van der Waals surface area contributed by atoms with Gasteiger partial charge in [0.05, 0.1) is 10.8 Å². The molecule has 1 aromatic rings. The molecule has 2 unspecified atom stereocenters. The predicted octanol–water partition coefficient (Wildman–Crippen LogP) is 3.92. The third kappa shape index (κ3) is 5.63. The zero-order chi connectivity index (χ0) is 22.6. The van der Waals surface area contributed by atoms with E-state index in [1.165, 1.54) is 16.4 Å². The lowest BCUT2D eigenvalue weighted by Crippen LogP contribution is -2.49. The maximum absolute atomic E-state index is 13.4. The van der Waals surface area contributed by atoms with E-state index in [0.717, 1.165) is 18.4 Å². The molecule has 2 aliphatic rings. The van der Waals surface area contributed by atoms with E-state index in [-0.39, 0.29) is 36.6 Å². The molecule has 1 fully saturated rings. The van der Waals surface area contributed by atoms with Crippen LogP contribution < -0.4 is 10.1 Å². The SMILES string of the molecule is CCCCNC(=O)C1CCC(C)N(S(=O)(=O)C2=Cc3ccc(OC(F)F)cc3CC2)C1. The number of amides is 1. The van der Waals surface area contributed by atoms with Crippen LogP contribution in [-0.4, -0.2) is 44.4 Å². The Balaban J connectivity index is 1.77. The van der Waals surface area contributed by atoms with Gasteiger partial charge in [0.1, 0.15) is 5.75 Å². The van der Waals surface area contributed by atoms with Crippen LogP contribution in [0.2, 0.25) is 0 Å². The average Bonchev–Trinajstić information content (AvgIpc) is 2.73. The fourth-order valence-corrected chi connectivity index (χ4v) is 6.02. The number of hydrogen-bond acceptors (Lipinski definition) is 4. The van der Waals surface area contributed by atoms with Crippen LogP contribution in [0.1, 0.15) is 57.1 Å². The van der Waals surface area contributed by atoms with Gasteiger partial charge in [-0.15, -0.1) is 0 Å². The zero-order valence-corrected chi connectivity index (χ0v) is 18.8. The molecule has 0 aromatic heterocycles. The van der Waals surface area contributed by atoms with Gasteiger partial charge in [-0.1, -0.05) is 19.4 Å². The van der Waals surface area contributed by atoms with Gasteiger partial charge < -0.3 is 10.1 Å². The van der Waals surface area contributed by atoms with E-state index in [2.05, 4.69) is 10.1 Å². The third-order valence-corrected chi connectivity index (χ3v) is 8.07. The first kappa shape index (κ1) is 23.7. The number of ether oxygens (including phenoxy) is 1. The first-order chi connectivity index (χ1) is 14.7. The number of alkyl halides is 2. The molecule has 1 aliphatic heterocycles. The Morgan fingerprint density at radius 2 is 2.06 bits per heavy atom. The van der Waals surface area contributed by atoms with E-state index in [0.29, 0.717) is 36.3 Å². The summed E-state index contributed by atoms with van der Waals surface area (Å²) in [5, 5.41) is 2.91. The highest BCUT2D eigenvalue weighted by Crippen LogP contribution is 2.34. The molecule has 6 nitrogen and oxygen atoms in total. The normalized spacial score (nSPS) is 22.0. The van der Waals surface area contributed by atoms with E-state index in [9.17, 15) is 22.0 Å². The Bertz CT molecular complexity index is 933. The van der Waals surface area contributed by atoms with E-state index in [1.807, 2.05) is 13.8 Å². The lowest BCUT2D eigenvalue weighted by Gasteiger charge is -2.37. The number of hydrogen-bond donors (Lipinski definition) is 1. The molecule has 1 heterocycles. The second kappa shape index (κ2) is 10.1. The number of sulfonamides is 1. The fourth-order valence-electron chi connectivity index (χ4n) is 4.13. The number of piperidine rings is 1. The lowest BCUT2D eigenvalue weighted by molar-refractivity contribution is -0.126. The topological polar surface area (TPSA) is 75.7 Å². The number of carbonyl (C=O) groups is 1. The summed E-state index contributed by atoms with van der Waals surface area (Å²) in [5.41, 5.74) is 1.46. The lowest BCUT2D eigenvalue weighted by atomic mass is 9.94. The molecule has 172 valence electrons. The molecule has 9 heteroatoms. The number of nitrogens with one attached hydrogen (secondary N) is 1. The standard InChI is InChI=1S/C22H30F2N2O4S/c1-3-4-11-25-21(27)18-6-5-15(2)26(14-18)31(28,29)20-10-8-16-12-19(30-22(23)24)9-7-17(16)13-20/h7,9,12-13,15,18,22H,3-6,8,10-11,14H2,1-2H3,(H,25,27). The van der Waals surface area contributed by atoms with Crippen LogP contribution in [0.15, 0.2) is 23.1 Å². The summed E-state index contributed by atoms with van der Waals surface area (Å²) in [5.74, 6) is -0.376. The van der Waals surface area contributed by atoms with Gasteiger partial charge in [-0.2, -0.15) is 13.1 Å². The molecule has 2 atom stereocenters. The van der Waals surface area contributed by atoms with Gasteiger partial charge in [0.25, 0.3) is 0 Å². The Labute approximate surface area is 182 Å². The minimum Gasteiger partial charge on any atom is -0.435 e. The number of benzene rings is 1. The van der Waals surface area contributed by atoms with Crippen LogP contribution >= 0.6 is 0 Å². The smallest absolute Gasteiger partial charge is 0.387 e. The summed E-state index contributed by atoms with van der Waals surface area (Å²) >= 11 is 0. The number of fused-ring (bicyclic) bond motifs is 1.